The zero-order chi connectivity index (χ0) is 18.0. The van der Waals surface area contributed by atoms with Crippen molar-refractivity contribution in [3.05, 3.63) is 23.8 Å². The van der Waals surface area contributed by atoms with Gasteiger partial charge in [-0.15, -0.1) is 0 Å². The summed E-state index contributed by atoms with van der Waals surface area (Å²) in [5.74, 6) is 0. The second-order valence-corrected chi connectivity index (χ2v) is 7.78. The molecule has 0 spiro atoms. The van der Waals surface area contributed by atoms with Gasteiger partial charge >= 0.3 is 6.18 Å². The lowest BCUT2D eigenvalue weighted by Crippen LogP contribution is -2.36. The fourth-order valence-corrected chi connectivity index (χ4v) is 3.68. The fourth-order valence-electron chi connectivity index (χ4n) is 2.94. The smallest absolute Gasteiger partial charge is 0.388 e. The summed E-state index contributed by atoms with van der Waals surface area (Å²) in [6.07, 6.45) is 0.126. The molecular formula is C15H21F3N2O3S. The molecule has 0 heterocycles. The zero-order valence-electron chi connectivity index (χ0n) is 13.1. The number of halogens is 3. The molecule has 2 rings (SSSR count). The van der Waals surface area contributed by atoms with Crippen molar-refractivity contribution >= 4 is 15.7 Å². The number of hydrogen-bond acceptors (Lipinski definition) is 4. The van der Waals surface area contributed by atoms with Crippen LogP contribution in [0.5, 0.6) is 0 Å². The third kappa shape index (κ3) is 4.84. The Kier molecular flexibility index (Phi) is 5.46. The summed E-state index contributed by atoms with van der Waals surface area (Å²) in [4.78, 5) is -0.964. The van der Waals surface area contributed by atoms with Gasteiger partial charge in [0.2, 0.25) is 10.0 Å². The number of hydrogen-bond donors (Lipinski definition) is 3. The molecule has 1 aromatic rings. The number of benzene rings is 1. The molecule has 9 heteroatoms. The van der Waals surface area contributed by atoms with Gasteiger partial charge in [0.15, 0.2) is 0 Å². The molecule has 0 aliphatic heterocycles. The summed E-state index contributed by atoms with van der Waals surface area (Å²) in [6.45, 7) is 0.110. The molecular weight excluding hydrogens is 345 g/mol. The van der Waals surface area contributed by atoms with Crippen LogP contribution >= 0.6 is 0 Å². The minimum Gasteiger partial charge on any atom is -0.388 e. The van der Waals surface area contributed by atoms with E-state index in [1.165, 1.54) is 6.07 Å². The molecule has 0 bridgehead atoms. The number of aliphatic hydroxyl groups is 1. The number of alkyl halides is 3. The third-order valence-electron chi connectivity index (χ3n) is 4.25. The number of anilines is 1. The predicted octanol–water partition coefficient (Wildman–Crippen LogP) is 2.85. The highest BCUT2D eigenvalue weighted by Gasteiger charge is 2.37. The van der Waals surface area contributed by atoms with Crippen molar-refractivity contribution in [2.45, 2.75) is 55.2 Å². The van der Waals surface area contributed by atoms with Crippen molar-refractivity contribution in [3.8, 4) is 0 Å². The van der Waals surface area contributed by atoms with Gasteiger partial charge in [0.05, 0.1) is 16.1 Å². The molecule has 1 fully saturated rings. The van der Waals surface area contributed by atoms with E-state index in [-0.39, 0.29) is 12.2 Å². The Balaban J connectivity index is 2.22. The van der Waals surface area contributed by atoms with Gasteiger partial charge in [0.1, 0.15) is 0 Å². The normalized spacial score (nSPS) is 18.9. The van der Waals surface area contributed by atoms with E-state index in [9.17, 15) is 26.7 Å². The molecule has 24 heavy (non-hydrogen) atoms. The van der Waals surface area contributed by atoms with E-state index in [0.29, 0.717) is 18.9 Å². The monoisotopic (exact) mass is 366 g/mol. The molecule has 1 aliphatic rings. The van der Waals surface area contributed by atoms with Crippen molar-refractivity contribution < 1.29 is 26.7 Å². The van der Waals surface area contributed by atoms with Crippen LogP contribution in [-0.4, -0.2) is 25.7 Å². The van der Waals surface area contributed by atoms with E-state index >= 15 is 0 Å². The zero-order valence-corrected chi connectivity index (χ0v) is 13.9. The fraction of sp³-hybridized carbons (Fsp3) is 0.600. The van der Waals surface area contributed by atoms with Gasteiger partial charge in [-0.25, -0.2) is 13.6 Å². The summed E-state index contributed by atoms with van der Waals surface area (Å²) in [7, 11) is -4.48. The van der Waals surface area contributed by atoms with Gasteiger partial charge in [-0.2, -0.15) is 13.2 Å². The molecule has 0 aromatic heterocycles. The number of sulfonamides is 1. The van der Waals surface area contributed by atoms with Gasteiger partial charge in [0.25, 0.3) is 0 Å². The average molecular weight is 366 g/mol. The highest BCUT2D eigenvalue weighted by molar-refractivity contribution is 7.89. The first-order chi connectivity index (χ1) is 11.0. The van der Waals surface area contributed by atoms with Crippen LogP contribution in [0.15, 0.2) is 23.1 Å². The Bertz CT molecular complexity index is 682. The minimum atomic E-state index is -4.85. The molecule has 1 saturated carbocycles. The van der Waals surface area contributed by atoms with E-state index in [4.69, 9.17) is 5.14 Å². The summed E-state index contributed by atoms with van der Waals surface area (Å²) in [6, 6.07) is 2.76. The van der Waals surface area contributed by atoms with Crippen molar-refractivity contribution in [2.24, 2.45) is 5.14 Å². The highest BCUT2D eigenvalue weighted by atomic mass is 32.2. The average Bonchev–Trinajstić information content (AvgIpc) is 2.68. The number of primary sulfonamides is 1. The number of rotatable bonds is 4. The highest BCUT2D eigenvalue weighted by Crippen LogP contribution is 2.36. The van der Waals surface area contributed by atoms with Crippen molar-refractivity contribution in [1.82, 2.24) is 0 Å². The summed E-state index contributed by atoms with van der Waals surface area (Å²) in [5.41, 5.74) is -2.19. The largest absolute Gasteiger partial charge is 0.417 e. The van der Waals surface area contributed by atoms with E-state index in [1.54, 1.807) is 0 Å². The molecule has 5 nitrogen and oxygen atoms in total. The van der Waals surface area contributed by atoms with Crippen LogP contribution in [0.3, 0.4) is 0 Å². The number of nitrogens with two attached hydrogens (primary N) is 1. The molecule has 0 unspecified atom stereocenters. The van der Waals surface area contributed by atoms with Gasteiger partial charge in [0, 0.05) is 12.2 Å². The van der Waals surface area contributed by atoms with Crippen LogP contribution in [0.25, 0.3) is 0 Å². The Morgan fingerprint density at radius 3 is 2.25 bits per heavy atom. The van der Waals surface area contributed by atoms with Crippen LogP contribution in [0.2, 0.25) is 0 Å². The van der Waals surface area contributed by atoms with Crippen molar-refractivity contribution in [3.63, 3.8) is 0 Å². The molecule has 1 aliphatic carbocycles. The van der Waals surface area contributed by atoms with E-state index in [1.807, 2.05) is 0 Å². The maximum Gasteiger partial charge on any atom is 0.417 e. The van der Waals surface area contributed by atoms with Crippen molar-refractivity contribution in [1.29, 1.82) is 0 Å². The van der Waals surface area contributed by atoms with E-state index in [0.717, 1.165) is 31.7 Å². The van der Waals surface area contributed by atoms with Crippen LogP contribution < -0.4 is 10.5 Å². The quantitative estimate of drug-likeness (QED) is 0.715. The molecule has 0 radical (unpaired) electrons. The maximum absolute atomic E-state index is 13.1. The maximum atomic E-state index is 13.1. The number of nitrogens with one attached hydrogen (secondary N) is 1. The van der Waals surface area contributed by atoms with Crippen LogP contribution in [0.4, 0.5) is 18.9 Å². The molecule has 0 atom stereocenters. The van der Waals surface area contributed by atoms with Crippen LogP contribution in [0.1, 0.15) is 44.1 Å². The molecule has 4 N–H and O–H groups in total. The third-order valence-corrected chi connectivity index (χ3v) is 5.22. The van der Waals surface area contributed by atoms with Gasteiger partial charge in [-0.3, -0.25) is 0 Å². The van der Waals surface area contributed by atoms with E-state index < -0.39 is 32.3 Å². The second kappa shape index (κ2) is 6.89. The van der Waals surface area contributed by atoms with E-state index in [2.05, 4.69) is 5.32 Å². The van der Waals surface area contributed by atoms with Crippen LogP contribution in [-0.2, 0) is 16.2 Å². The first-order valence-corrected chi connectivity index (χ1v) is 9.26. The Labute approximate surface area is 139 Å². The van der Waals surface area contributed by atoms with Crippen molar-refractivity contribution in [2.75, 3.05) is 11.9 Å². The SMILES string of the molecule is NS(=O)(=O)c1ccc(NCC2(O)CCCCCC2)cc1C(F)(F)F. The van der Waals surface area contributed by atoms with Crippen LogP contribution in [0, 0.1) is 0 Å². The lowest BCUT2D eigenvalue weighted by molar-refractivity contribution is -0.139. The Hall–Kier alpha value is -1.32. The molecule has 0 saturated heterocycles. The molecule has 136 valence electrons. The topological polar surface area (TPSA) is 92.4 Å². The van der Waals surface area contributed by atoms with Gasteiger partial charge in [-0.05, 0) is 31.0 Å². The molecule has 0 amide bonds. The lowest BCUT2D eigenvalue weighted by atomic mass is 9.94. The summed E-state index contributed by atoms with van der Waals surface area (Å²) >= 11 is 0. The lowest BCUT2D eigenvalue weighted by Gasteiger charge is -2.27. The Morgan fingerprint density at radius 1 is 1.17 bits per heavy atom. The Morgan fingerprint density at radius 2 is 1.75 bits per heavy atom. The second-order valence-electron chi connectivity index (χ2n) is 6.25. The molecule has 1 aromatic carbocycles. The summed E-state index contributed by atoms with van der Waals surface area (Å²) in [5, 5.41) is 18.2. The minimum absolute atomic E-state index is 0.0902. The van der Waals surface area contributed by atoms with Gasteiger partial charge in [-0.1, -0.05) is 25.7 Å². The summed E-state index contributed by atoms with van der Waals surface area (Å²) < 4.78 is 61.9. The standard InChI is InChI=1S/C15H21F3N2O3S/c16-15(17,18)12-9-11(5-6-13(12)24(19,22)23)20-10-14(21)7-3-1-2-4-8-14/h5-6,9,20-21H,1-4,7-8,10H2,(H2,19,22,23). The van der Waals surface area contributed by atoms with Gasteiger partial charge < -0.3 is 10.4 Å². The first kappa shape index (κ1) is 19.0. The predicted molar refractivity (Wildman–Crippen MR) is 84.0 cm³/mol. The first-order valence-electron chi connectivity index (χ1n) is 7.72.